The van der Waals surface area contributed by atoms with Crippen LogP contribution in [0.2, 0.25) is 0 Å². The van der Waals surface area contributed by atoms with Crippen LogP contribution >= 0.6 is 0 Å². The maximum atomic E-state index is 12.8. The number of rotatable bonds is 4. The van der Waals surface area contributed by atoms with E-state index in [2.05, 4.69) is 13.8 Å². The van der Waals surface area contributed by atoms with Crippen molar-refractivity contribution in [3.8, 4) is 16.9 Å². The fraction of sp³-hybridized carbons (Fsp3) is 0.389. The van der Waals surface area contributed by atoms with Crippen LogP contribution in [0.3, 0.4) is 0 Å². The summed E-state index contributed by atoms with van der Waals surface area (Å²) in [5, 5.41) is 10.3. The van der Waals surface area contributed by atoms with E-state index < -0.39 is 0 Å². The van der Waals surface area contributed by atoms with E-state index in [1.807, 2.05) is 44.2 Å². The van der Waals surface area contributed by atoms with E-state index in [-0.39, 0.29) is 17.4 Å². The molecule has 2 rings (SSSR count). The van der Waals surface area contributed by atoms with E-state index in [4.69, 9.17) is 0 Å². The van der Waals surface area contributed by atoms with Crippen LogP contribution in [0.4, 0.5) is 0 Å². The zero-order chi connectivity index (χ0) is 15.6. The van der Waals surface area contributed by atoms with Gasteiger partial charge in [0, 0.05) is 17.8 Å². The molecule has 1 aromatic carbocycles. The highest BCUT2D eigenvalue weighted by atomic mass is 16.3. The average Bonchev–Trinajstić information content (AvgIpc) is 2.38. The molecule has 0 spiro atoms. The van der Waals surface area contributed by atoms with Gasteiger partial charge in [-0.3, -0.25) is 4.79 Å². The molecule has 0 fully saturated rings. The number of benzene rings is 1. The minimum atomic E-state index is -0.119. The third-order valence-corrected chi connectivity index (χ3v) is 3.50. The smallest absolute Gasteiger partial charge is 0.262 e. The van der Waals surface area contributed by atoms with Gasteiger partial charge >= 0.3 is 0 Å². The van der Waals surface area contributed by atoms with Crippen LogP contribution < -0.4 is 5.56 Å². The first kappa shape index (κ1) is 15.4. The SMILES string of the molecule is CC(C)Cc1cc(O)c(-c2ccccc2)c(=O)n1C(C)C. The Hall–Kier alpha value is -2.03. The van der Waals surface area contributed by atoms with Gasteiger partial charge in [0.15, 0.2) is 0 Å². The summed E-state index contributed by atoms with van der Waals surface area (Å²) in [4.78, 5) is 12.8. The summed E-state index contributed by atoms with van der Waals surface area (Å²) in [6, 6.07) is 11.1. The van der Waals surface area contributed by atoms with Gasteiger partial charge in [-0.25, -0.2) is 0 Å². The van der Waals surface area contributed by atoms with Gasteiger partial charge in [0.1, 0.15) is 5.75 Å². The van der Waals surface area contributed by atoms with Crippen LogP contribution in [-0.2, 0) is 6.42 Å². The molecule has 0 aliphatic heterocycles. The monoisotopic (exact) mass is 285 g/mol. The van der Waals surface area contributed by atoms with Gasteiger partial charge in [-0.1, -0.05) is 44.2 Å². The number of aromatic nitrogens is 1. The van der Waals surface area contributed by atoms with Gasteiger partial charge in [0.2, 0.25) is 0 Å². The lowest BCUT2D eigenvalue weighted by Crippen LogP contribution is -2.27. The van der Waals surface area contributed by atoms with E-state index in [0.29, 0.717) is 11.5 Å². The maximum absolute atomic E-state index is 12.8. The minimum Gasteiger partial charge on any atom is -0.507 e. The van der Waals surface area contributed by atoms with Crippen molar-refractivity contribution in [2.45, 2.75) is 40.2 Å². The van der Waals surface area contributed by atoms with Gasteiger partial charge in [0.05, 0.1) is 5.56 Å². The first-order chi connectivity index (χ1) is 9.91. The summed E-state index contributed by atoms with van der Waals surface area (Å²) in [5.74, 6) is 0.495. The topological polar surface area (TPSA) is 42.2 Å². The van der Waals surface area contributed by atoms with Crippen LogP contribution in [0.25, 0.3) is 11.1 Å². The van der Waals surface area contributed by atoms with Crippen LogP contribution in [0, 0.1) is 5.92 Å². The molecule has 0 saturated carbocycles. The molecule has 0 radical (unpaired) electrons. The van der Waals surface area contributed by atoms with Gasteiger partial charge in [-0.15, -0.1) is 0 Å². The van der Waals surface area contributed by atoms with Crippen molar-refractivity contribution >= 4 is 0 Å². The summed E-state index contributed by atoms with van der Waals surface area (Å²) in [7, 11) is 0. The number of hydrogen-bond donors (Lipinski definition) is 1. The molecule has 0 atom stereocenters. The molecule has 2 aromatic rings. The molecule has 0 aliphatic carbocycles. The molecule has 1 N–H and O–H groups in total. The normalized spacial score (nSPS) is 11.3. The van der Waals surface area contributed by atoms with E-state index in [9.17, 15) is 9.90 Å². The van der Waals surface area contributed by atoms with Gasteiger partial charge in [0.25, 0.3) is 5.56 Å². The Morgan fingerprint density at radius 1 is 1.10 bits per heavy atom. The van der Waals surface area contributed by atoms with Gasteiger partial charge < -0.3 is 9.67 Å². The fourth-order valence-electron chi connectivity index (χ4n) is 2.68. The number of hydrogen-bond acceptors (Lipinski definition) is 2. The predicted octanol–water partition coefficient (Wildman–Crippen LogP) is 4.00. The van der Waals surface area contributed by atoms with Gasteiger partial charge in [-0.2, -0.15) is 0 Å². The molecular weight excluding hydrogens is 262 g/mol. The first-order valence-electron chi connectivity index (χ1n) is 7.44. The Morgan fingerprint density at radius 3 is 2.24 bits per heavy atom. The third kappa shape index (κ3) is 3.18. The third-order valence-electron chi connectivity index (χ3n) is 3.50. The van der Waals surface area contributed by atoms with Crippen molar-refractivity contribution in [2.75, 3.05) is 0 Å². The zero-order valence-electron chi connectivity index (χ0n) is 13.1. The summed E-state index contributed by atoms with van der Waals surface area (Å²) >= 11 is 0. The Morgan fingerprint density at radius 2 is 1.71 bits per heavy atom. The summed E-state index contributed by atoms with van der Waals surface area (Å²) in [6.45, 7) is 8.21. The standard InChI is InChI=1S/C18H23NO2/c1-12(2)10-15-11-16(20)17(14-8-6-5-7-9-14)18(21)19(15)13(3)4/h5-9,11-13,20H,10H2,1-4H3. The Labute approximate surface area is 125 Å². The Bertz CT molecular complexity index is 670. The van der Waals surface area contributed by atoms with Crippen molar-refractivity contribution in [3.63, 3.8) is 0 Å². The number of nitrogens with zero attached hydrogens (tertiary/aromatic N) is 1. The molecule has 0 unspecified atom stereocenters. The first-order valence-corrected chi connectivity index (χ1v) is 7.44. The highest BCUT2D eigenvalue weighted by Gasteiger charge is 2.18. The molecule has 0 aliphatic rings. The maximum Gasteiger partial charge on any atom is 0.262 e. The molecule has 3 heteroatoms. The molecule has 1 heterocycles. The molecule has 0 amide bonds. The second-order valence-corrected chi connectivity index (χ2v) is 6.13. The molecule has 21 heavy (non-hydrogen) atoms. The second-order valence-electron chi connectivity index (χ2n) is 6.13. The molecule has 0 saturated heterocycles. The molecule has 0 bridgehead atoms. The lowest BCUT2D eigenvalue weighted by Gasteiger charge is -2.20. The van der Waals surface area contributed by atoms with Crippen molar-refractivity contribution in [1.82, 2.24) is 4.57 Å². The van der Waals surface area contributed by atoms with Crippen LogP contribution in [-0.4, -0.2) is 9.67 Å². The summed E-state index contributed by atoms with van der Waals surface area (Å²) in [5.41, 5.74) is 1.91. The Balaban J connectivity index is 2.70. The van der Waals surface area contributed by atoms with Gasteiger partial charge in [-0.05, 0) is 31.7 Å². The second kappa shape index (κ2) is 6.17. The number of aromatic hydroxyl groups is 1. The van der Waals surface area contributed by atoms with E-state index >= 15 is 0 Å². The molecular formula is C18H23NO2. The van der Waals surface area contributed by atoms with Crippen LogP contribution in [0.15, 0.2) is 41.2 Å². The summed E-state index contributed by atoms with van der Waals surface area (Å²) < 4.78 is 1.79. The van der Waals surface area contributed by atoms with Crippen molar-refractivity contribution in [1.29, 1.82) is 0 Å². The Kier molecular flexibility index (Phi) is 4.51. The number of pyridine rings is 1. The summed E-state index contributed by atoms with van der Waals surface area (Å²) in [6.07, 6.45) is 0.774. The van der Waals surface area contributed by atoms with E-state index in [1.54, 1.807) is 10.6 Å². The van der Waals surface area contributed by atoms with Crippen molar-refractivity contribution in [2.24, 2.45) is 5.92 Å². The highest BCUT2D eigenvalue weighted by molar-refractivity contribution is 5.69. The molecule has 112 valence electrons. The van der Waals surface area contributed by atoms with Crippen LogP contribution in [0.5, 0.6) is 5.75 Å². The molecule has 3 nitrogen and oxygen atoms in total. The predicted molar refractivity (Wildman–Crippen MR) is 86.7 cm³/mol. The lowest BCUT2D eigenvalue weighted by molar-refractivity contribution is 0.461. The zero-order valence-corrected chi connectivity index (χ0v) is 13.1. The largest absolute Gasteiger partial charge is 0.507 e. The van der Waals surface area contributed by atoms with Crippen molar-refractivity contribution < 1.29 is 5.11 Å². The average molecular weight is 285 g/mol. The van der Waals surface area contributed by atoms with Crippen LogP contribution in [0.1, 0.15) is 39.4 Å². The minimum absolute atomic E-state index is 0.0642. The van der Waals surface area contributed by atoms with E-state index in [0.717, 1.165) is 17.7 Å². The highest BCUT2D eigenvalue weighted by Crippen LogP contribution is 2.28. The fourth-order valence-corrected chi connectivity index (χ4v) is 2.68. The molecule has 1 aromatic heterocycles. The quantitative estimate of drug-likeness (QED) is 0.922. The van der Waals surface area contributed by atoms with E-state index in [1.165, 1.54) is 0 Å². The van der Waals surface area contributed by atoms with Crippen molar-refractivity contribution in [3.05, 3.63) is 52.4 Å². The lowest BCUT2D eigenvalue weighted by atomic mass is 10.0.